The summed E-state index contributed by atoms with van der Waals surface area (Å²) < 4.78 is 0. The fraction of sp³-hybridized carbons (Fsp3) is 0.500. The third kappa shape index (κ3) is 0.275. The Kier molecular flexibility index (Phi) is 0.551. The minimum Gasteiger partial charge on any atom is -0.731 e. The standard InChI is InChI=1S/C2H2NO3/c4-2-1-6-3(2)5/h1H2/q-1. The van der Waals surface area contributed by atoms with Gasteiger partial charge in [-0.25, -0.2) is 0 Å². The normalized spacial score (nSPS) is 20.8. The molecule has 0 N–H and O–H groups in total. The molecule has 1 rings (SSSR count). The first-order valence-electron chi connectivity index (χ1n) is 1.44. The van der Waals surface area contributed by atoms with Crippen LogP contribution in [0.5, 0.6) is 0 Å². The maximum Gasteiger partial charge on any atom is 0.264 e. The molecule has 6 heavy (non-hydrogen) atoms. The molecule has 0 aliphatic carbocycles. The van der Waals surface area contributed by atoms with Gasteiger partial charge in [0.25, 0.3) is 5.91 Å². The van der Waals surface area contributed by atoms with Crippen LogP contribution in [0.2, 0.25) is 0 Å². The van der Waals surface area contributed by atoms with E-state index < -0.39 is 5.91 Å². The quantitative estimate of drug-likeness (QED) is 0.391. The molecule has 1 aliphatic heterocycles. The summed E-state index contributed by atoms with van der Waals surface area (Å²) in [4.78, 5) is 13.7. The lowest BCUT2D eigenvalue weighted by Gasteiger charge is -2.34. The first-order chi connectivity index (χ1) is 2.80. The molecule has 1 fully saturated rings. The maximum atomic E-state index is 9.72. The van der Waals surface area contributed by atoms with Gasteiger partial charge in [0.1, 0.15) is 0 Å². The van der Waals surface area contributed by atoms with E-state index in [1.807, 2.05) is 0 Å². The molecule has 0 spiro atoms. The van der Waals surface area contributed by atoms with Crippen molar-refractivity contribution < 1.29 is 9.63 Å². The lowest BCUT2D eigenvalue weighted by Crippen LogP contribution is -2.41. The molecule has 0 aromatic rings. The topological polar surface area (TPSA) is 52.6 Å². The molecule has 1 saturated heterocycles. The Bertz CT molecular complexity index is 80.9. The fourth-order valence-corrected chi connectivity index (χ4v) is 0.170. The van der Waals surface area contributed by atoms with E-state index in [4.69, 9.17) is 0 Å². The van der Waals surface area contributed by atoms with E-state index >= 15 is 0 Å². The SMILES string of the molecule is O=C1CON1[O-]. The minimum atomic E-state index is -0.505. The average Bonchev–Trinajstić information content (AvgIpc) is 1.61. The summed E-state index contributed by atoms with van der Waals surface area (Å²) in [6.45, 7) is -0.0521. The molecule has 4 heteroatoms. The first kappa shape index (κ1) is 3.58. The zero-order valence-electron chi connectivity index (χ0n) is 2.88. The molecule has 0 bridgehead atoms. The van der Waals surface area contributed by atoms with Crippen LogP contribution in [0.25, 0.3) is 0 Å². The number of nitrogens with zero attached hydrogens (tertiary/aromatic N) is 1. The fourth-order valence-electron chi connectivity index (χ4n) is 0.170. The number of hydroxylamine groups is 2. The van der Waals surface area contributed by atoms with Crippen LogP contribution in [-0.4, -0.2) is 17.7 Å². The van der Waals surface area contributed by atoms with Crippen molar-refractivity contribution in [2.24, 2.45) is 0 Å². The monoisotopic (exact) mass is 88.0 g/mol. The van der Waals surface area contributed by atoms with E-state index in [-0.39, 0.29) is 11.8 Å². The zero-order valence-corrected chi connectivity index (χ0v) is 2.88. The Morgan fingerprint density at radius 3 is 2.50 bits per heavy atom. The van der Waals surface area contributed by atoms with Gasteiger partial charge in [-0.05, 0) is 0 Å². The molecule has 34 valence electrons. The molecule has 0 radical (unpaired) electrons. The van der Waals surface area contributed by atoms with Crippen LogP contribution in [0.4, 0.5) is 0 Å². The third-order valence-corrected chi connectivity index (χ3v) is 0.509. The van der Waals surface area contributed by atoms with E-state index in [1.165, 1.54) is 0 Å². The van der Waals surface area contributed by atoms with Gasteiger partial charge in [0.15, 0.2) is 6.61 Å². The number of carbonyl (C=O) groups excluding carboxylic acids is 1. The number of carbonyl (C=O) groups is 1. The molecule has 0 atom stereocenters. The van der Waals surface area contributed by atoms with Gasteiger partial charge in [-0.15, -0.1) is 0 Å². The van der Waals surface area contributed by atoms with Gasteiger partial charge in [-0.2, -0.15) is 0 Å². The van der Waals surface area contributed by atoms with E-state index in [1.54, 1.807) is 0 Å². The smallest absolute Gasteiger partial charge is 0.264 e. The van der Waals surface area contributed by atoms with Gasteiger partial charge >= 0.3 is 0 Å². The minimum absolute atomic E-state index is 0.0417. The molecule has 0 saturated carbocycles. The summed E-state index contributed by atoms with van der Waals surface area (Å²) in [5, 5.41) is 9.53. The van der Waals surface area contributed by atoms with Crippen molar-refractivity contribution >= 4 is 5.91 Å². The van der Waals surface area contributed by atoms with Crippen LogP contribution in [0.15, 0.2) is 0 Å². The second-order valence-corrected chi connectivity index (χ2v) is 0.924. The summed E-state index contributed by atoms with van der Waals surface area (Å²) in [5.74, 6) is -0.505. The Morgan fingerprint density at radius 1 is 2.00 bits per heavy atom. The van der Waals surface area contributed by atoms with Crippen molar-refractivity contribution in [2.45, 2.75) is 0 Å². The van der Waals surface area contributed by atoms with Crippen LogP contribution >= 0.6 is 0 Å². The first-order valence-corrected chi connectivity index (χ1v) is 1.44. The Hall–Kier alpha value is -0.610. The highest BCUT2D eigenvalue weighted by Gasteiger charge is 2.14. The second-order valence-electron chi connectivity index (χ2n) is 0.924. The van der Waals surface area contributed by atoms with Crippen LogP contribution in [0, 0.1) is 5.21 Å². The van der Waals surface area contributed by atoms with Crippen LogP contribution in [0.3, 0.4) is 0 Å². The van der Waals surface area contributed by atoms with Gasteiger partial charge in [0, 0.05) is 0 Å². The number of amides is 1. The summed E-state index contributed by atoms with van der Waals surface area (Å²) in [6, 6.07) is 0. The van der Waals surface area contributed by atoms with E-state index in [2.05, 4.69) is 4.84 Å². The Balaban J connectivity index is 2.39. The van der Waals surface area contributed by atoms with Crippen LogP contribution in [-0.2, 0) is 9.63 Å². The predicted octanol–water partition coefficient (Wildman–Crippen LogP) is -0.742. The molecule has 1 heterocycles. The highest BCUT2D eigenvalue weighted by molar-refractivity contribution is 5.80. The zero-order chi connectivity index (χ0) is 4.57. The van der Waals surface area contributed by atoms with Gasteiger partial charge < -0.3 is 5.21 Å². The van der Waals surface area contributed by atoms with E-state index in [0.29, 0.717) is 0 Å². The van der Waals surface area contributed by atoms with Crippen molar-refractivity contribution in [2.75, 3.05) is 6.61 Å². The van der Waals surface area contributed by atoms with Gasteiger partial charge in [0.05, 0.1) is 0 Å². The maximum absolute atomic E-state index is 9.72. The van der Waals surface area contributed by atoms with Crippen molar-refractivity contribution in [3.05, 3.63) is 5.21 Å². The Labute approximate surface area is 33.8 Å². The van der Waals surface area contributed by atoms with Crippen molar-refractivity contribution in [1.82, 2.24) is 5.23 Å². The molecule has 1 amide bonds. The summed E-state index contributed by atoms with van der Waals surface area (Å²) in [6.07, 6.45) is 0. The van der Waals surface area contributed by atoms with Crippen LogP contribution < -0.4 is 0 Å². The van der Waals surface area contributed by atoms with Crippen LogP contribution in [0.1, 0.15) is 0 Å². The van der Waals surface area contributed by atoms with Crippen molar-refractivity contribution in [3.63, 3.8) is 0 Å². The molecule has 0 aromatic heterocycles. The summed E-state index contributed by atoms with van der Waals surface area (Å²) in [5.41, 5.74) is 0. The predicted molar refractivity (Wildman–Crippen MR) is 16.2 cm³/mol. The molecular weight excluding hydrogens is 86.0 g/mol. The molecule has 0 unspecified atom stereocenters. The third-order valence-electron chi connectivity index (χ3n) is 0.509. The highest BCUT2D eigenvalue weighted by Crippen LogP contribution is 1.98. The molecule has 0 aromatic carbocycles. The summed E-state index contributed by atoms with van der Waals surface area (Å²) in [7, 11) is 0. The largest absolute Gasteiger partial charge is 0.731 e. The molecule has 1 aliphatic rings. The van der Waals surface area contributed by atoms with Gasteiger partial charge in [-0.1, -0.05) is 0 Å². The van der Waals surface area contributed by atoms with Crippen molar-refractivity contribution in [1.29, 1.82) is 0 Å². The van der Waals surface area contributed by atoms with Gasteiger partial charge in [0.2, 0.25) is 0 Å². The number of hydrogen-bond donors (Lipinski definition) is 0. The molecule has 4 nitrogen and oxygen atoms in total. The molecular formula is C2H2NO3-. The van der Waals surface area contributed by atoms with E-state index in [9.17, 15) is 10.0 Å². The van der Waals surface area contributed by atoms with E-state index in [0.717, 1.165) is 0 Å². The summed E-state index contributed by atoms with van der Waals surface area (Å²) >= 11 is 0. The number of hydrogen-bond acceptors (Lipinski definition) is 3. The Morgan fingerprint density at radius 2 is 2.50 bits per heavy atom. The lowest BCUT2D eigenvalue weighted by atomic mass is 10.6. The van der Waals surface area contributed by atoms with Gasteiger partial charge in [-0.3, -0.25) is 14.9 Å². The highest BCUT2D eigenvalue weighted by atomic mass is 16.9. The van der Waals surface area contributed by atoms with Crippen molar-refractivity contribution in [3.8, 4) is 0 Å². The second kappa shape index (κ2) is 0.924. The lowest BCUT2D eigenvalue weighted by molar-refractivity contribution is -0.216. The average molecular weight is 88.0 g/mol. The number of rotatable bonds is 0.